The predicted octanol–water partition coefficient (Wildman–Crippen LogP) is 3.39. The summed E-state index contributed by atoms with van der Waals surface area (Å²) in [7, 11) is 0. The minimum Gasteiger partial charge on any atom is -0.271 e. The summed E-state index contributed by atoms with van der Waals surface area (Å²) >= 11 is 8.07. The van der Waals surface area contributed by atoms with Gasteiger partial charge in [0.2, 0.25) is 0 Å². The molecule has 2 rings (SSSR count). The van der Waals surface area contributed by atoms with E-state index in [0.29, 0.717) is 22.9 Å². The van der Waals surface area contributed by atoms with E-state index in [4.69, 9.17) is 17.4 Å². The molecule has 3 N–H and O–H groups in total. The van der Waals surface area contributed by atoms with E-state index in [1.807, 2.05) is 11.8 Å². The molecule has 19 heavy (non-hydrogen) atoms. The van der Waals surface area contributed by atoms with Crippen molar-refractivity contribution in [2.45, 2.75) is 31.7 Å². The lowest BCUT2D eigenvalue weighted by molar-refractivity contribution is 0.363. The van der Waals surface area contributed by atoms with Crippen LogP contribution in [-0.4, -0.2) is 17.5 Å². The molecule has 0 spiro atoms. The molecule has 1 aliphatic rings. The highest BCUT2D eigenvalue weighted by Crippen LogP contribution is 2.28. The quantitative estimate of drug-likeness (QED) is 0.647. The van der Waals surface area contributed by atoms with Crippen LogP contribution < -0.4 is 11.3 Å². The first-order chi connectivity index (χ1) is 9.20. The number of rotatable bonds is 5. The Kier molecular flexibility index (Phi) is 5.95. The maximum atomic E-state index is 13.8. The van der Waals surface area contributed by atoms with Gasteiger partial charge >= 0.3 is 0 Å². The number of hydrogen-bond donors (Lipinski definition) is 2. The van der Waals surface area contributed by atoms with E-state index >= 15 is 0 Å². The fourth-order valence-electron chi connectivity index (χ4n) is 2.57. The minimum absolute atomic E-state index is 0.0856. The van der Waals surface area contributed by atoms with Crippen LogP contribution in [0.1, 0.15) is 24.8 Å². The molecule has 0 amide bonds. The molecular weight excluding hydrogens is 283 g/mol. The van der Waals surface area contributed by atoms with Gasteiger partial charge < -0.3 is 0 Å². The standard InChI is InChI=1S/C14H20ClFN2S/c15-13-2-1-3-14(16)12(13)9-11(18-17)8-10-4-6-19-7-5-10/h1-3,10-11,18H,4-9,17H2. The molecule has 1 aliphatic heterocycles. The van der Waals surface area contributed by atoms with Crippen LogP contribution in [0, 0.1) is 11.7 Å². The van der Waals surface area contributed by atoms with Crippen LogP contribution in [0.5, 0.6) is 0 Å². The molecule has 1 fully saturated rings. The summed E-state index contributed by atoms with van der Waals surface area (Å²) in [6.07, 6.45) is 4.00. The Morgan fingerprint density at radius 2 is 2.16 bits per heavy atom. The number of nitrogens with two attached hydrogens (primary N) is 1. The van der Waals surface area contributed by atoms with E-state index in [1.165, 1.54) is 30.4 Å². The fraction of sp³-hybridized carbons (Fsp3) is 0.571. The van der Waals surface area contributed by atoms with Crippen LogP contribution >= 0.6 is 23.4 Å². The highest BCUT2D eigenvalue weighted by molar-refractivity contribution is 7.99. The second-order valence-corrected chi connectivity index (χ2v) is 6.69. The molecule has 0 aliphatic carbocycles. The molecule has 0 aromatic heterocycles. The van der Waals surface area contributed by atoms with Crippen molar-refractivity contribution in [2.24, 2.45) is 11.8 Å². The van der Waals surface area contributed by atoms with Crippen molar-refractivity contribution in [2.75, 3.05) is 11.5 Å². The van der Waals surface area contributed by atoms with Gasteiger partial charge in [-0.3, -0.25) is 11.3 Å². The van der Waals surface area contributed by atoms with Crippen LogP contribution in [0.25, 0.3) is 0 Å². The zero-order chi connectivity index (χ0) is 13.7. The van der Waals surface area contributed by atoms with Gasteiger partial charge in [0.05, 0.1) is 0 Å². The number of hydrogen-bond acceptors (Lipinski definition) is 3. The summed E-state index contributed by atoms with van der Waals surface area (Å²) in [5.41, 5.74) is 3.39. The first-order valence-corrected chi connectivity index (χ1v) is 8.20. The molecule has 1 unspecified atom stereocenters. The van der Waals surface area contributed by atoms with Crippen LogP contribution in [0.4, 0.5) is 4.39 Å². The lowest BCUT2D eigenvalue weighted by Gasteiger charge is -2.26. The van der Waals surface area contributed by atoms with Gasteiger partial charge in [-0.1, -0.05) is 17.7 Å². The predicted molar refractivity (Wildman–Crippen MR) is 80.9 cm³/mol. The molecular formula is C14H20ClFN2S. The molecule has 1 saturated heterocycles. The summed E-state index contributed by atoms with van der Waals surface area (Å²) in [5.74, 6) is 8.51. The topological polar surface area (TPSA) is 38.0 Å². The second-order valence-electron chi connectivity index (χ2n) is 5.06. The maximum Gasteiger partial charge on any atom is 0.127 e. The Morgan fingerprint density at radius 3 is 2.79 bits per heavy atom. The number of halogens is 2. The zero-order valence-electron chi connectivity index (χ0n) is 10.9. The van der Waals surface area contributed by atoms with Crippen LogP contribution in [0.3, 0.4) is 0 Å². The first kappa shape index (κ1) is 15.1. The molecule has 1 heterocycles. The van der Waals surface area contributed by atoms with E-state index in [9.17, 15) is 4.39 Å². The Morgan fingerprint density at radius 1 is 1.42 bits per heavy atom. The van der Waals surface area contributed by atoms with Gasteiger partial charge in [0.25, 0.3) is 0 Å². The van der Waals surface area contributed by atoms with E-state index < -0.39 is 0 Å². The molecule has 1 aromatic carbocycles. The van der Waals surface area contributed by atoms with Gasteiger partial charge in [-0.05, 0) is 55.2 Å². The SMILES string of the molecule is NNC(Cc1c(F)cccc1Cl)CC1CCSCC1. The minimum atomic E-state index is -0.244. The van der Waals surface area contributed by atoms with Gasteiger partial charge in [-0.25, -0.2) is 4.39 Å². The number of thioether (sulfide) groups is 1. The third-order valence-corrected chi connectivity index (χ3v) is 5.11. The normalized spacial score (nSPS) is 18.5. The lowest BCUT2D eigenvalue weighted by Crippen LogP contribution is -2.39. The molecule has 0 radical (unpaired) electrons. The number of benzene rings is 1. The summed E-state index contributed by atoms with van der Waals surface area (Å²) in [6, 6.07) is 4.89. The van der Waals surface area contributed by atoms with Crippen LogP contribution in [-0.2, 0) is 6.42 Å². The van der Waals surface area contributed by atoms with Crippen molar-refractivity contribution < 1.29 is 4.39 Å². The Balaban J connectivity index is 1.98. The molecule has 0 saturated carbocycles. The number of hydrazine groups is 1. The van der Waals surface area contributed by atoms with Gasteiger partial charge in [-0.15, -0.1) is 0 Å². The van der Waals surface area contributed by atoms with Crippen molar-refractivity contribution in [3.8, 4) is 0 Å². The van der Waals surface area contributed by atoms with E-state index in [2.05, 4.69) is 5.43 Å². The van der Waals surface area contributed by atoms with Gasteiger partial charge in [0, 0.05) is 16.6 Å². The van der Waals surface area contributed by atoms with Crippen molar-refractivity contribution in [1.82, 2.24) is 5.43 Å². The van der Waals surface area contributed by atoms with E-state index in [0.717, 1.165) is 6.42 Å². The average Bonchev–Trinajstić information content (AvgIpc) is 2.43. The Bertz CT molecular complexity index is 390. The molecule has 106 valence electrons. The largest absolute Gasteiger partial charge is 0.271 e. The first-order valence-electron chi connectivity index (χ1n) is 6.67. The van der Waals surface area contributed by atoms with Crippen molar-refractivity contribution in [1.29, 1.82) is 0 Å². The second kappa shape index (κ2) is 7.48. The van der Waals surface area contributed by atoms with Crippen LogP contribution in [0.15, 0.2) is 18.2 Å². The van der Waals surface area contributed by atoms with Crippen molar-refractivity contribution >= 4 is 23.4 Å². The fourth-order valence-corrected chi connectivity index (χ4v) is 4.01. The smallest absolute Gasteiger partial charge is 0.127 e. The lowest BCUT2D eigenvalue weighted by atomic mass is 9.91. The maximum absolute atomic E-state index is 13.8. The molecule has 1 atom stereocenters. The van der Waals surface area contributed by atoms with Crippen molar-refractivity contribution in [3.05, 3.63) is 34.6 Å². The van der Waals surface area contributed by atoms with Gasteiger partial charge in [-0.2, -0.15) is 11.8 Å². The number of nitrogens with one attached hydrogen (secondary N) is 1. The van der Waals surface area contributed by atoms with Gasteiger partial charge in [0.1, 0.15) is 5.82 Å². The molecule has 2 nitrogen and oxygen atoms in total. The van der Waals surface area contributed by atoms with E-state index in [1.54, 1.807) is 12.1 Å². The molecule has 0 bridgehead atoms. The van der Waals surface area contributed by atoms with E-state index in [-0.39, 0.29) is 11.9 Å². The molecule has 5 heteroatoms. The summed E-state index contributed by atoms with van der Waals surface area (Å²) < 4.78 is 13.8. The van der Waals surface area contributed by atoms with Gasteiger partial charge in [0.15, 0.2) is 0 Å². The zero-order valence-corrected chi connectivity index (χ0v) is 12.4. The summed E-state index contributed by atoms with van der Waals surface area (Å²) in [6.45, 7) is 0. The average molecular weight is 303 g/mol. The third-order valence-electron chi connectivity index (χ3n) is 3.71. The highest BCUT2D eigenvalue weighted by atomic mass is 35.5. The monoisotopic (exact) mass is 302 g/mol. The summed E-state index contributed by atoms with van der Waals surface area (Å²) in [5, 5.41) is 0.486. The Hall–Kier alpha value is -0.290. The molecule has 1 aromatic rings. The third kappa shape index (κ3) is 4.35. The van der Waals surface area contributed by atoms with Crippen LogP contribution in [0.2, 0.25) is 5.02 Å². The Labute approximate surface area is 123 Å². The van der Waals surface area contributed by atoms with Crippen molar-refractivity contribution in [3.63, 3.8) is 0 Å². The highest BCUT2D eigenvalue weighted by Gasteiger charge is 2.20. The summed E-state index contributed by atoms with van der Waals surface area (Å²) in [4.78, 5) is 0.